The zero-order valence-electron chi connectivity index (χ0n) is 17.1. The van der Waals surface area contributed by atoms with Crippen LogP contribution in [0, 0.1) is 0 Å². The number of methoxy groups -OCH3 is 1. The number of esters is 1. The van der Waals surface area contributed by atoms with Crippen LogP contribution in [0.1, 0.15) is 42.6 Å². The Hall–Kier alpha value is -3.28. The summed E-state index contributed by atoms with van der Waals surface area (Å²) in [5, 5.41) is 0.816. The van der Waals surface area contributed by atoms with Crippen molar-refractivity contribution in [3.63, 3.8) is 0 Å². The average molecular weight is 408 g/mol. The maximum atomic E-state index is 12.7. The van der Waals surface area contributed by atoms with Crippen molar-refractivity contribution >= 4 is 16.9 Å². The molecule has 0 saturated carbocycles. The van der Waals surface area contributed by atoms with Gasteiger partial charge in [0.15, 0.2) is 11.3 Å². The van der Waals surface area contributed by atoms with Crippen molar-refractivity contribution < 1.29 is 23.4 Å². The fourth-order valence-electron chi connectivity index (χ4n) is 3.95. The smallest absolute Gasteiger partial charge is 0.352 e. The third-order valence-electron chi connectivity index (χ3n) is 5.37. The zero-order chi connectivity index (χ0) is 21.1. The summed E-state index contributed by atoms with van der Waals surface area (Å²) in [5.41, 5.74) is 2.30. The lowest BCUT2D eigenvalue weighted by Gasteiger charge is -2.22. The number of ether oxygens (including phenoxy) is 3. The van der Waals surface area contributed by atoms with E-state index in [2.05, 4.69) is 0 Å². The van der Waals surface area contributed by atoms with Gasteiger partial charge in [0.2, 0.25) is 11.9 Å². The van der Waals surface area contributed by atoms with E-state index in [0.29, 0.717) is 23.3 Å². The maximum absolute atomic E-state index is 12.7. The molecule has 156 valence electrons. The van der Waals surface area contributed by atoms with Crippen LogP contribution in [-0.4, -0.2) is 19.7 Å². The highest BCUT2D eigenvalue weighted by atomic mass is 16.6. The number of benzene rings is 2. The number of hydrogen-bond acceptors (Lipinski definition) is 6. The molecular formula is C24H24O6. The van der Waals surface area contributed by atoms with E-state index in [9.17, 15) is 9.59 Å². The minimum atomic E-state index is -1.02. The van der Waals surface area contributed by atoms with Gasteiger partial charge < -0.3 is 18.6 Å². The van der Waals surface area contributed by atoms with Gasteiger partial charge in [-0.15, -0.1) is 0 Å². The first kappa shape index (κ1) is 20.0. The van der Waals surface area contributed by atoms with E-state index in [-0.39, 0.29) is 18.0 Å². The predicted octanol–water partition coefficient (Wildman–Crippen LogP) is 4.36. The quantitative estimate of drug-likeness (QED) is 0.446. The van der Waals surface area contributed by atoms with Crippen molar-refractivity contribution in [2.24, 2.45) is 0 Å². The Balaban J connectivity index is 1.88. The van der Waals surface area contributed by atoms with Crippen molar-refractivity contribution in [1.82, 2.24) is 0 Å². The minimum Gasteiger partial charge on any atom is -0.493 e. The van der Waals surface area contributed by atoms with Gasteiger partial charge in [0.25, 0.3) is 0 Å². The van der Waals surface area contributed by atoms with Gasteiger partial charge in [-0.05, 0) is 50.3 Å². The average Bonchev–Trinajstić information content (AvgIpc) is 2.78. The van der Waals surface area contributed by atoms with E-state index in [4.69, 9.17) is 18.6 Å². The molecule has 2 aromatic carbocycles. The van der Waals surface area contributed by atoms with E-state index in [1.165, 1.54) is 7.11 Å². The van der Waals surface area contributed by atoms with Gasteiger partial charge in [-0.25, -0.2) is 9.59 Å². The van der Waals surface area contributed by atoms with Gasteiger partial charge in [-0.1, -0.05) is 30.3 Å². The summed E-state index contributed by atoms with van der Waals surface area (Å²) < 4.78 is 22.6. The number of hydrogen-bond donors (Lipinski definition) is 0. The fraction of sp³-hybridized carbons (Fsp3) is 0.333. The molecule has 1 aliphatic rings. The second-order valence-electron chi connectivity index (χ2n) is 7.19. The largest absolute Gasteiger partial charge is 0.493 e. The summed E-state index contributed by atoms with van der Waals surface area (Å²) in [4.78, 5) is 25.4. The molecule has 0 N–H and O–H groups in total. The standard InChI is InChI=1S/C24H24O6/c1-3-28-24(26)20(15-9-5-4-6-10-15)29-22-19(27-2)14-13-17-16-11-7-8-12-18(16)23(25)30-21(17)22/h4-6,9-10,13-14,20H,3,7-8,11-12H2,1-2H3. The van der Waals surface area contributed by atoms with Crippen LogP contribution in [0.5, 0.6) is 11.5 Å². The Morgan fingerprint density at radius 3 is 2.50 bits per heavy atom. The molecule has 30 heavy (non-hydrogen) atoms. The van der Waals surface area contributed by atoms with Gasteiger partial charge in [0.05, 0.1) is 13.7 Å². The molecule has 0 spiro atoms. The van der Waals surface area contributed by atoms with E-state index >= 15 is 0 Å². The monoisotopic (exact) mass is 408 g/mol. The molecule has 6 nitrogen and oxygen atoms in total. The van der Waals surface area contributed by atoms with Gasteiger partial charge in [-0.3, -0.25) is 0 Å². The highest BCUT2D eigenvalue weighted by Gasteiger charge is 2.29. The van der Waals surface area contributed by atoms with Crippen LogP contribution < -0.4 is 15.1 Å². The summed E-state index contributed by atoms with van der Waals surface area (Å²) in [6.45, 7) is 1.96. The molecule has 1 heterocycles. The Bertz CT molecular complexity index is 1120. The van der Waals surface area contributed by atoms with Gasteiger partial charge in [0, 0.05) is 16.5 Å². The lowest BCUT2D eigenvalue weighted by atomic mass is 9.90. The van der Waals surface area contributed by atoms with Crippen LogP contribution >= 0.6 is 0 Å². The normalized spacial score (nSPS) is 14.1. The summed E-state index contributed by atoms with van der Waals surface area (Å²) in [5.74, 6) is 0.0806. The van der Waals surface area contributed by atoms with Gasteiger partial charge in [0.1, 0.15) is 0 Å². The second kappa shape index (κ2) is 8.61. The van der Waals surface area contributed by atoms with E-state index in [1.807, 2.05) is 24.3 Å². The summed E-state index contributed by atoms with van der Waals surface area (Å²) in [6, 6.07) is 12.7. The molecule has 0 amide bonds. The van der Waals surface area contributed by atoms with Crippen LogP contribution in [0.2, 0.25) is 0 Å². The molecule has 1 aliphatic carbocycles. The van der Waals surface area contributed by atoms with Crippen LogP contribution in [-0.2, 0) is 22.4 Å². The number of carbonyl (C=O) groups is 1. The summed E-state index contributed by atoms with van der Waals surface area (Å²) in [6.07, 6.45) is 2.49. The summed E-state index contributed by atoms with van der Waals surface area (Å²) >= 11 is 0. The van der Waals surface area contributed by atoms with Crippen molar-refractivity contribution in [2.45, 2.75) is 38.7 Å². The van der Waals surface area contributed by atoms with E-state index in [1.54, 1.807) is 25.1 Å². The minimum absolute atomic E-state index is 0.223. The molecule has 6 heteroatoms. The van der Waals surface area contributed by atoms with Gasteiger partial charge in [-0.2, -0.15) is 0 Å². The molecule has 0 aliphatic heterocycles. The molecule has 0 radical (unpaired) electrons. The highest BCUT2D eigenvalue weighted by molar-refractivity contribution is 5.89. The molecule has 1 aromatic heterocycles. The van der Waals surface area contributed by atoms with Crippen molar-refractivity contribution in [3.8, 4) is 11.5 Å². The zero-order valence-corrected chi connectivity index (χ0v) is 17.1. The predicted molar refractivity (Wildman–Crippen MR) is 112 cm³/mol. The first-order valence-corrected chi connectivity index (χ1v) is 10.2. The Morgan fingerprint density at radius 1 is 1.07 bits per heavy atom. The molecule has 0 bridgehead atoms. The first-order valence-electron chi connectivity index (χ1n) is 10.2. The topological polar surface area (TPSA) is 75.0 Å². The van der Waals surface area contributed by atoms with Crippen molar-refractivity contribution in [2.75, 3.05) is 13.7 Å². The molecular weight excluding hydrogens is 384 g/mol. The van der Waals surface area contributed by atoms with Crippen molar-refractivity contribution in [1.29, 1.82) is 0 Å². The maximum Gasteiger partial charge on any atom is 0.352 e. The van der Waals surface area contributed by atoms with E-state index in [0.717, 1.165) is 35.8 Å². The molecule has 1 atom stereocenters. The molecule has 3 aromatic rings. The van der Waals surface area contributed by atoms with Crippen LogP contribution in [0.4, 0.5) is 0 Å². The number of fused-ring (bicyclic) bond motifs is 3. The Morgan fingerprint density at radius 2 is 1.80 bits per heavy atom. The lowest BCUT2D eigenvalue weighted by molar-refractivity contribution is -0.151. The Labute approximate surface area is 174 Å². The molecule has 0 fully saturated rings. The number of carbonyl (C=O) groups excluding carboxylic acids is 1. The van der Waals surface area contributed by atoms with Gasteiger partial charge >= 0.3 is 11.6 Å². The Kier molecular flexibility index (Phi) is 5.74. The van der Waals surface area contributed by atoms with Crippen molar-refractivity contribution in [3.05, 3.63) is 69.6 Å². The third kappa shape index (κ3) is 3.65. The number of aryl methyl sites for hydroxylation is 1. The lowest BCUT2D eigenvalue weighted by Crippen LogP contribution is -2.22. The SMILES string of the molecule is CCOC(=O)C(Oc1c(OC)ccc2c3c(c(=O)oc12)CCCC3)c1ccccc1. The molecule has 0 saturated heterocycles. The first-order chi connectivity index (χ1) is 14.6. The third-order valence-corrected chi connectivity index (χ3v) is 5.37. The summed E-state index contributed by atoms with van der Waals surface area (Å²) in [7, 11) is 1.51. The van der Waals surface area contributed by atoms with Crippen LogP contribution in [0.25, 0.3) is 11.0 Å². The van der Waals surface area contributed by atoms with E-state index < -0.39 is 12.1 Å². The van der Waals surface area contributed by atoms with Crippen LogP contribution in [0.15, 0.2) is 51.7 Å². The van der Waals surface area contributed by atoms with Crippen LogP contribution in [0.3, 0.4) is 0 Å². The molecule has 4 rings (SSSR count). The fourth-order valence-corrected chi connectivity index (χ4v) is 3.95. The molecule has 1 unspecified atom stereocenters. The number of rotatable bonds is 6. The second-order valence-corrected chi connectivity index (χ2v) is 7.19. The highest BCUT2D eigenvalue weighted by Crippen LogP contribution is 2.40.